The van der Waals surface area contributed by atoms with E-state index in [0.29, 0.717) is 13.1 Å². The zero-order valence-electron chi connectivity index (χ0n) is 11.5. The average molecular weight is 243 g/mol. The Hall–Kier alpha value is -1.10. The first-order valence-corrected chi connectivity index (χ1v) is 6.10. The molecule has 0 radical (unpaired) electrons. The third-order valence-corrected chi connectivity index (χ3v) is 2.98. The summed E-state index contributed by atoms with van der Waals surface area (Å²) in [5, 5.41) is 2.72. The van der Waals surface area contributed by atoms with E-state index in [0.717, 1.165) is 0 Å². The summed E-state index contributed by atoms with van der Waals surface area (Å²) in [6.45, 7) is 8.41. The van der Waals surface area contributed by atoms with Gasteiger partial charge in [0.15, 0.2) is 0 Å². The van der Waals surface area contributed by atoms with Crippen molar-refractivity contribution in [2.24, 2.45) is 17.6 Å². The number of amides is 2. The molecule has 0 heterocycles. The Kier molecular flexibility index (Phi) is 6.80. The van der Waals surface area contributed by atoms with E-state index in [1.165, 1.54) is 0 Å². The summed E-state index contributed by atoms with van der Waals surface area (Å²) in [7, 11) is 1.72. The Morgan fingerprint density at radius 2 is 1.82 bits per heavy atom. The van der Waals surface area contributed by atoms with Gasteiger partial charge in [0.2, 0.25) is 11.8 Å². The van der Waals surface area contributed by atoms with Crippen LogP contribution < -0.4 is 11.1 Å². The molecule has 2 amide bonds. The van der Waals surface area contributed by atoms with Gasteiger partial charge in [-0.05, 0) is 19.8 Å². The summed E-state index contributed by atoms with van der Waals surface area (Å²) in [6.07, 6.45) is 0. The van der Waals surface area contributed by atoms with Crippen LogP contribution in [0.2, 0.25) is 0 Å². The highest BCUT2D eigenvalue weighted by Gasteiger charge is 2.25. The molecule has 2 atom stereocenters. The number of rotatable bonds is 6. The number of hydrogen-bond acceptors (Lipinski definition) is 3. The van der Waals surface area contributed by atoms with Gasteiger partial charge in [0.25, 0.3) is 0 Å². The molecule has 0 aromatic rings. The van der Waals surface area contributed by atoms with Gasteiger partial charge in [-0.3, -0.25) is 9.59 Å². The van der Waals surface area contributed by atoms with E-state index in [4.69, 9.17) is 5.73 Å². The van der Waals surface area contributed by atoms with Gasteiger partial charge >= 0.3 is 0 Å². The third-order valence-electron chi connectivity index (χ3n) is 2.98. The van der Waals surface area contributed by atoms with Gasteiger partial charge in [-0.2, -0.15) is 0 Å². The van der Waals surface area contributed by atoms with Crippen LogP contribution in [0, 0.1) is 11.8 Å². The molecule has 0 spiro atoms. The van der Waals surface area contributed by atoms with Crippen LogP contribution in [0.1, 0.15) is 27.7 Å². The molecule has 0 aromatic carbocycles. The molecule has 0 saturated carbocycles. The van der Waals surface area contributed by atoms with E-state index >= 15 is 0 Å². The second-order valence-electron chi connectivity index (χ2n) is 4.67. The Balaban J connectivity index is 4.42. The third kappa shape index (κ3) is 4.73. The molecule has 0 saturated heterocycles. The van der Waals surface area contributed by atoms with Crippen molar-refractivity contribution < 1.29 is 9.59 Å². The fourth-order valence-electron chi connectivity index (χ4n) is 1.55. The van der Waals surface area contributed by atoms with E-state index in [9.17, 15) is 9.59 Å². The second-order valence-corrected chi connectivity index (χ2v) is 4.67. The molecule has 0 bridgehead atoms. The summed E-state index contributed by atoms with van der Waals surface area (Å²) in [5.74, 6) is -0.295. The van der Waals surface area contributed by atoms with Crippen LogP contribution in [0.3, 0.4) is 0 Å². The standard InChI is InChI=1S/C12H25N3O2/c1-6-15(5)12(17)9(4)14-11(16)10(7-13)8(2)3/h8-10H,6-7,13H2,1-5H3,(H,14,16). The quantitative estimate of drug-likeness (QED) is 0.700. The highest BCUT2D eigenvalue weighted by atomic mass is 16.2. The highest BCUT2D eigenvalue weighted by Crippen LogP contribution is 2.09. The number of hydrogen-bond donors (Lipinski definition) is 2. The van der Waals surface area contributed by atoms with Crippen molar-refractivity contribution in [1.29, 1.82) is 0 Å². The molecule has 0 aliphatic carbocycles. The fourth-order valence-corrected chi connectivity index (χ4v) is 1.55. The van der Waals surface area contributed by atoms with Gasteiger partial charge in [-0.25, -0.2) is 0 Å². The van der Waals surface area contributed by atoms with Crippen molar-refractivity contribution in [2.45, 2.75) is 33.7 Å². The zero-order valence-corrected chi connectivity index (χ0v) is 11.5. The molecule has 17 heavy (non-hydrogen) atoms. The molecular weight excluding hydrogens is 218 g/mol. The number of nitrogens with zero attached hydrogens (tertiary/aromatic N) is 1. The van der Waals surface area contributed by atoms with E-state index < -0.39 is 6.04 Å². The first-order valence-electron chi connectivity index (χ1n) is 6.10. The number of likely N-dealkylation sites (N-methyl/N-ethyl adjacent to an activating group) is 1. The average Bonchev–Trinajstić information content (AvgIpc) is 2.27. The smallest absolute Gasteiger partial charge is 0.244 e. The van der Waals surface area contributed by atoms with E-state index in [-0.39, 0.29) is 23.7 Å². The van der Waals surface area contributed by atoms with E-state index in [1.807, 2.05) is 20.8 Å². The summed E-state index contributed by atoms with van der Waals surface area (Å²) >= 11 is 0. The van der Waals surface area contributed by atoms with E-state index in [2.05, 4.69) is 5.32 Å². The Morgan fingerprint density at radius 3 is 2.18 bits per heavy atom. The van der Waals surface area contributed by atoms with Crippen molar-refractivity contribution >= 4 is 11.8 Å². The van der Waals surface area contributed by atoms with Crippen molar-refractivity contribution in [3.63, 3.8) is 0 Å². The minimum absolute atomic E-state index is 0.0830. The molecule has 2 unspecified atom stereocenters. The minimum Gasteiger partial charge on any atom is -0.344 e. The van der Waals surface area contributed by atoms with Crippen LogP contribution in [-0.2, 0) is 9.59 Å². The number of carbonyl (C=O) groups is 2. The van der Waals surface area contributed by atoms with E-state index in [1.54, 1.807) is 18.9 Å². The Labute approximate surface area is 104 Å². The minimum atomic E-state index is -0.500. The topological polar surface area (TPSA) is 75.4 Å². The van der Waals surface area contributed by atoms with Gasteiger partial charge in [0, 0.05) is 20.1 Å². The lowest BCUT2D eigenvalue weighted by Crippen LogP contribution is -2.49. The Bertz CT molecular complexity index is 266. The summed E-state index contributed by atoms with van der Waals surface area (Å²) < 4.78 is 0. The predicted octanol–water partition coefficient (Wildman–Crippen LogP) is 0.200. The summed E-state index contributed by atoms with van der Waals surface area (Å²) in [5.41, 5.74) is 5.56. The molecule has 5 nitrogen and oxygen atoms in total. The molecule has 0 aliphatic heterocycles. The van der Waals surface area contributed by atoms with Crippen LogP contribution in [0.4, 0.5) is 0 Å². The van der Waals surface area contributed by atoms with Crippen molar-refractivity contribution in [3.8, 4) is 0 Å². The van der Waals surface area contributed by atoms with Gasteiger partial charge in [-0.15, -0.1) is 0 Å². The monoisotopic (exact) mass is 243 g/mol. The first kappa shape index (κ1) is 15.9. The zero-order chi connectivity index (χ0) is 13.6. The summed E-state index contributed by atoms with van der Waals surface area (Å²) in [6, 6.07) is -0.500. The molecular formula is C12H25N3O2. The van der Waals surface area contributed by atoms with Crippen molar-refractivity contribution in [2.75, 3.05) is 20.1 Å². The molecule has 5 heteroatoms. The maximum Gasteiger partial charge on any atom is 0.244 e. The Morgan fingerprint density at radius 1 is 1.29 bits per heavy atom. The van der Waals surface area contributed by atoms with Crippen LogP contribution in [0.25, 0.3) is 0 Å². The predicted molar refractivity (Wildman–Crippen MR) is 68.3 cm³/mol. The van der Waals surface area contributed by atoms with Crippen molar-refractivity contribution in [3.05, 3.63) is 0 Å². The molecule has 0 aromatic heterocycles. The number of nitrogens with one attached hydrogen (secondary N) is 1. The van der Waals surface area contributed by atoms with Crippen LogP contribution in [0.15, 0.2) is 0 Å². The maximum atomic E-state index is 11.9. The van der Waals surface area contributed by atoms with Gasteiger partial charge < -0.3 is 16.0 Å². The van der Waals surface area contributed by atoms with Gasteiger partial charge in [-0.1, -0.05) is 13.8 Å². The van der Waals surface area contributed by atoms with Gasteiger partial charge in [0.05, 0.1) is 5.92 Å². The highest BCUT2D eigenvalue weighted by molar-refractivity contribution is 5.88. The molecule has 0 rings (SSSR count). The first-order chi connectivity index (χ1) is 7.84. The number of carbonyl (C=O) groups excluding carboxylic acids is 2. The number of nitrogens with two attached hydrogens (primary N) is 1. The lowest BCUT2D eigenvalue weighted by molar-refractivity contribution is -0.136. The molecule has 0 fully saturated rings. The molecule has 100 valence electrons. The largest absolute Gasteiger partial charge is 0.344 e. The van der Waals surface area contributed by atoms with Gasteiger partial charge in [0.1, 0.15) is 6.04 Å². The second kappa shape index (κ2) is 7.27. The lowest BCUT2D eigenvalue weighted by Gasteiger charge is -2.24. The fraction of sp³-hybridized carbons (Fsp3) is 0.833. The van der Waals surface area contributed by atoms with Crippen LogP contribution in [-0.4, -0.2) is 42.9 Å². The molecule has 3 N–H and O–H groups in total. The normalized spacial score (nSPS) is 14.3. The lowest BCUT2D eigenvalue weighted by atomic mass is 9.95. The SMILES string of the molecule is CCN(C)C(=O)C(C)NC(=O)C(CN)C(C)C. The van der Waals surface area contributed by atoms with Crippen molar-refractivity contribution in [1.82, 2.24) is 10.2 Å². The van der Waals surface area contributed by atoms with Crippen LogP contribution >= 0.6 is 0 Å². The van der Waals surface area contributed by atoms with Crippen LogP contribution in [0.5, 0.6) is 0 Å². The molecule has 0 aliphatic rings. The maximum absolute atomic E-state index is 11.9. The summed E-state index contributed by atoms with van der Waals surface area (Å²) in [4.78, 5) is 25.2.